The van der Waals surface area contributed by atoms with Crippen LogP contribution in [-0.4, -0.2) is 25.8 Å². The van der Waals surface area contributed by atoms with E-state index in [9.17, 15) is 14.0 Å². The van der Waals surface area contributed by atoms with Gasteiger partial charge < -0.3 is 9.84 Å². The van der Waals surface area contributed by atoms with E-state index in [-0.39, 0.29) is 29.8 Å². The Balaban J connectivity index is 1.51. The molecule has 0 aliphatic carbocycles. The van der Waals surface area contributed by atoms with Crippen molar-refractivity contribution in [2.45, 2.75) is 19.9 Å². The van der Waals surface area contributed by atoms with Gasteiger partial charge in [0.15, 0.2) is 0 Å². The SMILES string of the molecule is CCc1ccc(NC(=O)Cn2nc(-c3nc(-c4ccc(F)cc4)no3)ccc2=O)cc1. The number of benzene rings is 2. The number of anilines is 1. The van der Waals surface area contributed by atoms with Crippen LogP contribution in [0.3, 0.4) is 0 Å². The summed E-state index contributed by atoms with van der Waals surface area (Å²) in [6, 6.07) is 15.8. The lowest BCUT2D eigenvalue weighted by Crippen LogP contribution is -2.29. The number of carbonyl (C=O) groups is 1. The van der Waals surface area contributed by atoms with Gasteiger partial charge >= 0.3 is 0 Å². The van der Waals surface area contributed by atoms with E-state index in [1.807, 2.05) is 19.1 Å². The molecule has 0 radical (unpaired) electrons. The molecule has 4 aromatic rings. The monoisotopic (exact) mass is 419 g/mol. The summed E-state index contributed by atoms with van der Waals surface area (Å²) < 4.78 is 19.3. The van der Waals surface area contributed by atoms with E-state index in [0.29, 0.717) is 11.3 Å². The number of aryl methyl sites for hydroxylation is 1. The average molecular weight is 419 g/mol. The molecule has 31 heavy (non-hydrogen) atoms. The summed E-state index contributed by atoms with van der Waals surface area (Å²) in [5.74, 6) is -0.444. The Labute approximate surface area is 176 Å². The van der Waals surface area contributed by atoms with Gasteiger partial charge in [-0.15, -0.1) is 0 Å². The van der Waals surface area contributed by atoms with Crippen molar-refractivity contribution in [1.82, 2.24) is 19.9 Å². The molecule has 1 N–H and O–H groups in total. The van der Waals surface area contributed by atoms with Crippen LogP contribution < -0.4 is 10.9 Å². The maximum absolute atomic E-state index is 13.1. The molecule has 0 fully saturated rings. The van der Waals surface area contributed by atoms with Crippen LogP contribution >= 0.6 is 0 Å². The van der Waals surface area contributed by atoms with Crippen molar-refractivity contribution in [1.29, 1.82) is 0 Å². The smallest absolute Gasteiger partial charge is 0.278 e. The minimum Gasteiger partial charge on any atom is -0.332 e. The Morgan fingerprint density at radius 3 is 2.52 bits per heavy atom. The van der Waals surface area contributed by atoms with E-state index in [2.05, 4.69) is 20.6 Å². The van der Waals surface area contributed by atoms with E-state index >= 15 is 0 Å². The van der Waals surface area contributed by atoms with E-state index < -0.39 is 11.5 Å². The topological polar surface area (TPSA) is 103 Å². The molecule has 2 heterocycles. The van der Waals surface area contributed by atoms with Gasteiger partial charge in [0.1, 0.15) is 18.1 Å². The van der Waals surface area contributed by atoms with Crippen molar-refractivity contribution in [3.63, 3.8) is 0 Å². The molecule has 2 aromatic carbocycles. The Hall–Kier alpha value is -4.14. The number of halogens is 1. The molecule has 0 aliphatic rings. The van der Waals surface area contributed by atoms with Crippen LogP contribution in [0, 0.1) is 5.82 Å². The molecular formula is C22H18FN5O3. The standard InChI is InChI=1S/C22H18FN5O3/c1-2-14-3-9-17(10-4-14)24-19(29)13-28-20(30)12-11-18(26-28)22-25-21(27-31-22)15-5-7-16(23)8-6-15/h3-12H,2,13H2,1H3,(H,24,29). The lowest BCUT2D eigenvalue weighted by molar-refractivity contribution is -0.117. The molecule has 8 nitrogen and oxygen atoms in total. The summed E-state index contributed by atoms with van der Waals surface area (Å²) in [6.45, 7) is 1.77. The first-order valence-electron chi connectivity index (χ1n) is 9.59. The first-order chi connectivity index (χ1) is 15.0. The van der Waals surface area contributed by atoms with Crippen LogP contribution in [-0.2, 0) is 17.8 Å². The summed E-state index contributed by atoms with van der Waals surface area (Å²) >= 11 is 0. The second kappa shape index (κ2) is 8.70. The molecular weight excluding hydrogens is 401 g/mol. The summed E-state index contributed by atoms with van der Waals surface area (Å²) in [6.07, 6.45) is 0.902. The molecule has 2 aromatic heterocycles. The fourth-order valence-corrected chi connectivity index (χ4v) is 2.88. The zero-order chi connectivity index (χ0) is 21.8. The minimum absolute atomic E-state index is 0.0728. The predicted molar refractivity (Wildman–Crippen MR) is 112 cm³/mol. The molecule has 9 heteroatoms. The number of rotatable bonds is 6. The van der Waals surface area contributed by atoms with Gasteiger partial charge in [-0.2, -0.15) is 10.1 Å². The van der Waals surface area contributed by atoms with Gasteiger partial charge in [-0.1, -0.05) is 24.2 Å². The lowest BCUT2D eigenvalue weighted by atomic mass is 10.1. The molecule has 4 rings (SSSR count). The first kappa shape index (κ1) is 20.1. The van der Waals surface area contributed by atoms with Gasteiger partial charge in [-0.3, -0.25) is 9.59 Å². The number of carbonyl (C=O) groups excluding carboxylic acids is 1. The van der Waals surface area contributed by atoms with E-state index in [0.717, 1.165) is 16.7 Å². The lowest BCUT2D eigenvalue weighted by Gasteiger charge is -2.07. The van der Waals surface area contributed by atoms with Gasteiger partial charge in [0, 0.05) is 17.3 Å². The Bertz CT molecular complexity index is 1260. The Morgan fingerprint density at radius 2 is 1.81 bits per heavy atom. The molecule has 0 aliphatic heterocycles. The quantitative estimate of drug-likeness (QED) is 0.514. The van der Waals surface area contributed by atoms with E-state index in [1.54, 1.807) is 12.1 Å². The largest absolute Gasteiger partial charge is 0.332 e. The summed E-state index contributed by atoms with van der Waals surface area (Å²) in [5.41, 5.74) is 2.15. The van der Waals surface area contributed by atoms with Gasteiger partial charge in [-0.25, -0.2) is 9.07 Å². The highest BCUT2D eigenvalue weighted by Gasteiger charge is 2.14. The normalized spacial score (nSPS) is 10.8. The van der Waals surface area contributed by atoms with Crippen LogP contribution in [0.25, 0.3) is 23.0 Å². The second-order valence-electron chi connectivity index (χ2n) is 6.74. The fourth-order valence-electron chi connectivity index (χ4n) is 2.88. The third kappa shape index (κ3) is 4.72. The van der Waals surface area contributed by atoms with Gasteiger partial charge in [0.2, 0.25) is 11.7 Å². The zero-order valence-electron chi connectivity index (χ0n) is 16.6. The van der Waals surface area contributed by atoms with Crippen molar-refractivity contribution in [2.75, 3.05) is 5.32 Å². The molecule has 0 saturated heterocycles. The number of aromatic nitrogens is 4. The average Bonchev–Trinajstić information content (AvgIpc) is 3.26. The molecule has 156 valence electrons. The van der Waals surface area contributed by atoms with Crippen LogP contribution in [0.15, 0.2) is 70.0 Å². The molecule has 0 unspecified atom stereocenters. The molecule has 1 amide bonds. The molecule has 0 atom stereocenters. The molecule has 0 bridgehead atoms. The van der Waals surface area contributed by atoms with Crippen molar-refractivity contribution in [3.8, 4) is 23.0 Å². The van der Waals surface area contributed by atoms with E-state index in [4.69, 9.17) is 4.52 Å². The van der Waals surface area contributed by atoms with Crippen LogP contribution in [0.1, 0.15) is 12.5 Å². The van der Waals surface area contributed by atoms with Gasteiger partial charge in [0.05, 0.1) is 0 Å². The predicted octanol–water partition coefficient (Wildman–Crippen LogP) is 3.30. The van der Waals surface area contributed by atoms with Crippen molar-refractivity contribution < 1.29 is 13.7 Å². The highest BCUT2D eigenvalue weighted by Crippen LogP contribution is 2.20. The van der Waals surface area contributed by atoms with E-state index in [1.165, 1.54) is 36.4 Å². The fraction of sp³-hybridized carbons (Fsp3) is 0.136. The van der Waals surface area contributed by atoms with Crippen LogP contribution in [0.2, 0.25) is 0 Å². The third-order valence-electron chi connectivity index (χ3n) is 4.55. The van der Waals surface area contributed by atoms with Crippen molar-refractivity contribution in [2.24, 2.45) is 0 Å². The zero-order valence-corrected chi connectivity index (χ0v) is 16.6. The number of nitrogens with zero attached hydrogens (tertiary/aromatic N) is 4. The third-order valence-corrected chi connectivity index (χ3v) is 4.55. The van der Waals surface area contributed by atoms with Crippen LogP contribution in [0.5, 0.6) is 0 Å². The highest BCUT2D eigenvalue weighted by atomic mass is 19.1. The first-order valence-corrected chi connectivity index (χ1v) is 9.59. The summed E-state index contributed by atoms with van der Waals surface area (Å²) in [5, 5.41) is 10.8. The maximum Gasteiger partial charge on any atom is 0.278 e. The van der Waals surface area contributed by atoms with Gasteiger partial charge in [0.25, 0.3) is 11.4 Å². The van der Waals surface area contributed by atoms with Crippen molar-refractivity contribution >= 4 is 11.6 Å². The van der Waals surface area contributed by atoms with Crippen LogP contribution in [0.4, 0.5) is 10.1 Å². The number of hydrogen-bond donors (Lipinski definition) is 1. The number of nitrogens with one attached hydrogen (secondary N) is 1. The van der Waals surface area contributed by atoms with Crippen molar-refractivity contribution in [3.05, 3.63) is 82.4 Å². The minimum atomic E-state index is -0.446. The number of amides is 1. The molecule has 0 saturated carbocycles. The maximum atomic E-state index is 13.1. The van der Waals surface area contributed by atoms with Gasteiger partial charge in [-0.05, 0) is 54.4 Å². The Kier molecular flexibility index (Phi) is 5.65. The summed E-state index contributed by atoms with van der Waals surface area (Å²) in [7, 11) is 0. The molecule has 0 spiro atoms. The highest BCUT2D eigenvalue weighted by molar-refractivity contribution is 5.90. The Morgan fingerprint density at radius 1 is 1.06 bits per heavy atom. The summed E-state index contributed by atoms with van der Waals surface area (Å²) in [4.78, 5) is 28.7. The second-order valence-corrected chi connectivity index (χ2v) is 6.74. The number of hydrogen-bond acceptors (Lipinski definition) is 6.